The molecule has 0 unspecified atom stereocenters. The van der Waals surface area contributed by atoms with Gasteiger partial charge in [-0.15, -0.1) is 0 Å². The van der Waals surface area contributed by atoms with Gasteiger partial charge in [0.25, 0.3) is 0 Å². The molecule has 1 N–H and O–H groups in total. The molecule has 1 fully saturated rings. The first-order chi connectivity index (χ1) is 9.33. The first-order valence-electron chi connectivity index (χ1n) is 6.90. The standard InChI is InChI=1S/C14H22N2O3/c1-2-18-14-5-3-4-13(15-14)16-8-6-12(7-9-16)19-11-10-17/h3-5,12,17H,2,6-11H2,1H3. The maximum atomic E-state index is 8.75. The summed E-state index contributed by atoms with van der Waals surface area (Å²) in [4.78, 5) is 6.75. The van der Waals surface area contributed by atoms with Gasteiger partial charge in [-0.2, -0.15) is 4.98 Å². The van der Waals surface area contributed by atoms with Crippen molar-refractivity contribution in [2.45, 2.75) is 25.9 Å². The molecule has 0 bridgehead atoms. The number of ether oxygens (including phenoxy) is 2. The van der Waals surface area contributed by atoms with Gasteiger partial charge in [-0.3, -0.25) is 0 Å². The summed E-state index contributed by atoms with van der Waals surface area (Å²) in [5.74, 6) is 1.64. The van der Waals surface area contributed by atoms with Gasteiger partial charge in [0.15, 0.2) is 0 Å². The molecule has 2 heterocycles. The first kappa shape index (κ1) is 14.1. The van der Waals surface area contributed by atoms with Crippen molar-refractivity contribution in [3.63, 3.8) is 0 Å². The maximum Gasteiger partial charge on any atom is 0.215 e. The molecule has 0 aliphatic carbocycles. The molecule has 1 aromatic rings. The van der Waals surface area contributed by atoms with E-state index in [1.165, 1.54) is 0 Å². The second-order valence-corrected chi connectivity index (χ2v) is 4.55. The lowest BCUT2D eigenvalue weighted by atomic mass is 10.1. The quantitative estimate of drug-likeness (QED) is 0.844. The minimum atomic E-state index is 0.0954. The van der Waals surface area contributed by atoms with Crippen LogP contribution in [0.1, 0.15) is 19.8 Å². The van der Waals surface area contributed by atoms with Gasteiger partial charge < -0.3 is 19.5 Å². The monoisotopic (exact) mass is 266 g/mol. The van der Waals surface area contributed by atoms with Crippen LogP contribution < -0.4 is 9.64 Å². The van der Waals surface area contributed by atoms with Crippen molar-refractivity contribution >= 4 is 5.82 Å². The highest BCUT2D eigenvalue weighted by Crippen LogP contribution is 2.21. The summed E-state index contributed by atoms with van der Waals surface area (Å²) < 4.78 is 11.0. The second kappa shape index (κ2) is 7.31. The number of nitrogens with zero attached hydrogens (tertiary/aromatic N) is 2. The lowest BCUT2D eigenvalue weighted by molar-refractivity contribution is 0.0158. The molecule has 0 saturated carbocycles. The largest absolute Gasteiger partial charge is 0.478 e. The Balaban J connectivity index is 1.88. The lowest BCUT2D eigenvalue weighted by Crippen LogP contribution is -2.37. The number of piperidine rings is 1. The normalized spacial score (nSPS) is 16.6. The van der Waals surface area contributed by atoms with Crippen molar-refractivity contribution in [1.29, 1.82) is 0 Å². The second-order valence-electron chi connectivity index (χ2n) is 4.55. The Hall–Kier alpha value is -1.33. The van der Waals surface area contributed by atoms with E-state index in [0.717, 1.165) is 31.7 Å². The zero-order chi connectivity index (χ0) is 13.5. The number of aliphatic hydroxyl groups excluding tert-OH is 1. The van der Waals surface area contributed by atoms with E-state index in [1.54, 1.807) is 0 Å². The Morgan fingerprint density at radius 3 is 2.84 bits per heavy atom. The van der Waals surface area contributed by atoms with Gasteiger partial charge in [-0.1, -0.05) is 6.07 Å². The number of anilines is 1. The van der Waals surface area contributed by atoms with E-state index in [0.29, 0.717) is 19.1 Å². The molecule has 5 nitrogen and oxygen atoms in total. The number of hydrogen-bond donors (Lipinski definition) is 1. The van der Waals surface area contributed by atoms with E-state index in [1.807, 2.05) is 25.1 Å². The third-order valence-electron chi connectivity index (χ3n) is 3.21. The molecule has 0 atom stereocenters. The van der Waals surface area contributed by atoms with Crippen LogP contribution in [0.5, 0.6) is 5.88 Å². The third-order valence-corrected chi connectivity index (χ3v) is 3.21. The van der Waals surface area contributed by atoms with E-state index in [-0.39, 0.29) is 12.7 Å². The van der Waals surface area contributed by atoms with Crippen LogP contribution in [0.2, 0.25) is 0 Å². The predicted molar refractivity (Wildman–Crippen MR) is 73.7 cm³/mol. The molecule has 106 valence electrons. The van der Waals surface area contributed by atoms with Gasteiger partial charge in [0.05, 0.1) is 25.9 Å². The number of hydrogen-bond acceptors (Lipinski definition) is 5. The van der Waals surface area contributed by atoms with Gasteiger partial charge in [0.2, 0.25) is 5.88 Å². The molecule has 1 saturated heterocycles. The van der Waals surface area contributed by atoms with Gasteiger partial charge >= 0.3 is 0 Å². The molecule has 1 aliphatic rings. The molecule has 5 heteroatoms. The van der Waals surface area contributed by atoms with Crippen LogP contribution in [0.4, 0.5) is 5.82 Å². The van der Waals surface area contributed by atoms with Crippen molar-refractivity contribution < 1.29 is 14.6 Å². The van der Waals surface area contributed by atoms with Gasteiger partial charge in [-0.25, -0.2) is 0 Å². The summed E-state index contributed by atoms with van der Waals surface area (Å²) in [5, 5.41) is 8.75. The highest BCUT2D eigenvalue weighted by atomic mass is 16.5. The Morgan fingerprint density at radius 2 is 2.16 bits per heavy atom. The fraction of sp³-hybridized carbons (Fsp3) is 0.643. The smallest absolute Gasteiger partial charge is 0.215 e. The fourth-order valence-corrected chi connectivity index (χ4v) is 2.28. The summed E-state index contributed by atoms with van der Waals surface area (Å²) in [6.45, 7) is 4.98. The summed E-state index contributed by atoms with van der Waals surface area (Å²) in [5.41, 5.74) is 0. The molecule has 0 spiro atoms. The molecular weight excluding hydrogens is 244 g/mol. The van der Waals surface area contributed by atoms with E-state index < -0.39 is 0 Å². The average molecular weight is 266 g/mol. The molecule has 1 aromatic heterocycles. The van der Waals surface area contributed by atoms with Crippen molar-refractivity contribution in [3.05, 3.63) is 18.2 Å². The van der Waals surface area contributed by atoms with Gasteiger partial charge in [-0.05, 0) is 25.8 Å². The summed E-state index contributed by atoms with van der Waals surface area (Å²) >= 11 is 0. The van der Waals surface area contributed by atoms with E-state index in [9.17, 15) is 0 Å². The number of pyridine rings is 1. The van der Waals surface area contributed by atoms with Crippen LogP contribution >= 0.6 is 0 Å². The molecule has 0 radical (unpaired) electrons. The molecule has 0 aromatic carbocycles. The fourth-order valence-electron chi connectivity index (χ4n) is 2.28. The van der Waals surface area contributed by atoms with Crippen LogP contribution in [0.15, 0.2) is 18.2 Å². The average Bonchev–Trinajstić information content (AvgIpc) is 2.46. The first-order valence-corrected chi connectivity index (χ1v) is 6.90. The Kier molecular flexibility index (Phi) is 5.42. The Morgan fingerprint density at radius 1 is 1.37 bits per heavy atom. The SMILES string of the molecule is CCOc1cccc(N2CCC(OCCO)CC2)n1. The highest BCUT2D eigenvalue weighted by molar-refractivity contribution is 5.41. The predicted octanol–water partition coefficient (Wildman–Crippen LogP) is 1.46. The van der Waals surface area contributed by atoms with Crippen molar-refractivity contribution in [2.75, 3.05) is 37.8 Å². The molecular formula is C14H22N2O3. The van der Waals surface area contributed by atoms with Crippen LogP contribution in [0.3, 0.4) is 0 Å². The summed E-state index contributed by atoms with van der Waals surface area (Å²) in [6.07, 6.45) is 2.21. The Bertz CT molecular complexity index is 379. The van der Waals surface area contributed by atoms with E-state index in [2.05, 4.69) is 9.88 Å². The van der Waals surface area contributed by atoms with Crippen molar-refractivity contribution in [2.24, 2.45) is 0 Å². The van der Waals surface area contributed by atoms with Crippen LogP contribution in [0, 0.1) is 0 Å². The maximum absolute atomic E-state index is 8.75. The van der Waals surface area contributed by atoms with E-state index in [4.69, 9.17) is 14.6 Å². The zero-order valence-corrected chi connectivity index (χ0v) is 11.4. The van der Waals surface area contributed by atoms with Crippen LogP contribution in [-0.2, 0) is 4.74 Å². The number of aliphatic hydroxyl groups is 1. The summed E-state index contributed by atoms with van der Waals surface area (Å²) in [7, 11) is 0. The van der Waals surface area contributed by atoms with Crippen LogP contribution in [0.25, 0.3) is 0 Å². The van der Waals surface area contributed by atoms with Gasteiger partial charge in [0.1, 0.15) is 5.82 Å². The Labute approximate surface area is 114 Å². The molecule has 2 rings (SSSR count). The van der Waals surface area contributed by atoms with E-state index >= 15 is 0 Å². The topological polar surface area (TPSA) is 54.8 Å². The van der Waals surface area contributed by atoms with Crippen LogP contribution in [-0.4, -0.2) is 49.1 Å². The van der Waals surface area contributed by atoms with Crippen molar-refractivity contribution in [3.8, 4) is 5.88 Å². The third kappa shape index (κ3) is 4.08. The minimum absolute atomic E-state index is 0.0954. The van der Waals surface area contributed by atoms with Gasteiger partial charge in [0, 0.05) is 19.2 Å². The number of aromatic nitrogens is 1. The lowest BCUT2D eigenvalue weighted by Gasteiger charge is -2.32. The molecule has 19 heavy (non-hydrogen) atoms. The molecule has 0 amide bonds. The van der Waals surface area contributed by atoms with Crippen molar-refractivity contribution in [1.82, 2.24) is 4.98 Å². The summed E-state index contributed by atoms with van der Waals surface area (Å²) in [6, 6.07) is 5.86. The highest BCUT2D eigenvalue weighted by Gasteiger charge is 2.20. The minimum Gasteiger partial charge on any atom is -0.478 e. The zero-order valence-electron chi connectivity index (χ0n) is 11.4. The number of rotatable bonds is 6. The molecule has 1 aliphatic heterocycles.